The van der Waals surface area contributed by atoms with Crippen molar-refractivity contribution in [3.8, 4) is 0 Å². The number of carbonyl (C=O) groups excluding carboxylic acids is 2. The van der Waals surface area contributed by atoms with E-state index >= 15 is 0 Å². The maximum absolute atomic E-state index is 13.6. The van der Waals surface area contributed by atoms with Gasteiger partial charge in [0.2, 0.25) is 0 Å². The summed E-state index contributed by atoms with van der Waals surface area (Å²) in [5, 5.41) is 3.08. The van der Waals surface area contributed by atoms with Gasteiger partial charge >= 0.3 is 5.97 Å². The molecule has 0 aliphatic carbocycles. The molecule has 1 amide bonds. The predicted molar refractivity (Wildman–Crippen MR) is 89.7 cm³/mol. The van der Waals surface area contributed by atoms with E-state index in [9.17, 15) is 14.0 Å². The molecule has 0 aliphatic rings. The van der Waals surface area contributed by atoms with Crippen LogP contribution in [-0.4, -0.2) is 18.5 Å². The summed E-state index contributed by atoms with van der Waals surface area (Å²) in [7, 11) is 0. The van der Waals surface area contributed by atoms with Crippen molar-refractivity contribution in [3.05, 3.63) is 69.5 Å². The number of benzene rings is 2. The molecule has 2 aromatic carbocycles. The van der Waals surface area contributed by atoms with E-state index in [-0.39, 0.29) is 11.1 Å². The van der Waals surface area contributed by atoms with E-state index < -0.39 is 29.9 Å². The van der Waals surface area contributed by atoms with E-state index in [1.807, 2.05) is 0 Å². The summed E-state index contributed by atoms with van der Waals surface area (Å²) in [6, 6.07) is 10.5. The van der Waals surface area contributed by atoms with Gasteiger partial charge in [0.15, 0.2) is 6.61 Å². The van der Waals surface area contributed by atoms with Gasteiger partial charge in [-0.2, -0.15) is 0 Å². The highest BCUT2D eigenvalue weighted by molar-refractivity contribution is 6.33. The molecule has 0 aliphatic heterocycles. The Morgan fingerprint density at radius 1 is 1.12 bits per heavy atom. The second kappa shape index (κ2) is 8.13. The van der Waals surface area contributed by atoms with Gasteiger partial charge in [-0.05, 0) is 30.7 Å². The number of amides is 1. The molecule has 0 spiro atoms. The first-order chi connectivity index (χ1) is 11.4. The van der Waals surface area contributed by atoms with Gasteiger partial charge in [0, 0.05) is 5.02 Å². The molecule has 0 saturated heterocycles. The molecule has 2 rings (SSSR count). The summed E-state index contributed by atoms with van der Waals surface area (Å²) in [6.07, 6.45) is 0. The fourth-order valence-electron chi connectivity index (χ4n) is 2.08. The molecule has 4 nitrogen and oxygen atoms in total. The van der Waals surface area contributed by atoms with Gasteiger partial charge in [-0.1, -0.05) is 47.5 Å². The summed E-state index contributed by atoms with van der Waals surface area (Å²) in [5.41, 5.74) is 0.335. The molecule has 0 fully saturated rings. The fraction of sp³-hybridized carbons (Fsp3) is 0.176. The first-order valence-corrected chi connectivity index (χ1v) is 7.80. The molecule has 0 bridgehead atoms. The standard InChI is InChI=1S/C17H14Cl2FNO3/c1-10(11-5-2-3-6-12(11)18)21-15(22)9-24-17(23)16-13(19)7-4-8-14(16)20/h2-8,10H,9H2,1H3,(H,21,22)/t10-/m1/s1. The third-order valence-corrected chi connectivity index (χ3v) is 3.91. The number of carbonyl (C=O) groups is 2. The van der Waals surface area contributed by atoms with Gasteiger partial charge in [-0.15, -0.1) is 0 Å². The quantitative estimate of drug-likeness (QED) is 0.804. The van der Waals surface area contributed by atoms with E-state index in [1.54, 1.807) is 31.2 Å². The minimum Gasteiger partial charge on any atom is -0.452 e. The van der Waals surface area contributed by atoms with Gasteiger partial charge in [-0.3, -0.25) is 4.79 Å². The summed E-state index contributed by atoms with van der Waals surface area (Å²) in [5.74, 6) is -2.35. The summed E-state index contributed by atoms with van der Waals surface area (Å²) < 4.78 is 18.4. The van der Waals surface area contributed by atoms with Crippen molar-refractivity contribution in [1.82, 2.24) is 5.32 Å². The van der Waals surface area contributed by atoms with Gasteiger partial charge in [-0.25, -0.2) is 9.18 Å². The van der Waals surface area contributed by atoms with Crippen molar-refractivity contribution >= 4 is 35.1 Å². The second-order valence-electron chi connectivity index (χ2n) is 4.98. The van der Waals surface area contributed by atoms with Crippen molar-refractivity contribution in [2.75, 3.05) is 6.61 Å². The van der Waals surface area contributed by atoms with Crippen LogP contribution in [0.3, 0.4) is 0 Å². The van der Waals surface area contributed by atoms with Crippen LogP contribution < -0.4 is 5.32 Å². The maximum Gasteiger partial charge on any atom is 0.343 e. The lowest BCUT2D eigenvalue weighted by molar-refractivity contribution is -0.124. The molecule has 126 valence electrons. The highest BCUT2D eigenvalue weighted by atomic mass is 35.5. The Morgan fingerprint density at radius 2 is 1.79 bits per heavy atom. The molecular weight excluding hydrogens is 356 g/mol. The molecule has 0 heterocycles. The summed E-state index contributed by atoms with van der Waals surface area (Å²) in [6.45, 7) is 1.19. The molecule has 2 aromatic rings. The fourth-order valence-corrected chi connectivity index (χ4v) is 2.62. The number of halogens is 3. The average Bonchev–Trinajstić information content (AvgIpc) is 2.53. The average molecular weight is 370 g/mol. The minimum absolute atomic E-state index is 0.0788. The Morgan fingerprint density at radius 3 is 2.46 bits per heavy atom. The summed E-state index contributed by atoms with van der Waals surface area (Å²) >= 11 is 11.8. The van der Waals surface area contributed by atoms with Crippen LogP contribution in [0.25, 0.3) is 0 Å². The normalized spacial score (nSPS) is 11.7. The zero-order valence-corrected chi connectivity index (χ0v) is 14.2. The van der Waals surface area contributed by atoms with Gasteiger partial charge in [0.1, 0.15) is 11.4 Å². The zero-order valence-electron chi connectivity index (χ0n) is 12.7. The van der Waals surface area contributed by atoms with Gasteiger partial charge in [0.25, 0.3) is 5.91 Å². The van der Waals surface area contributed by atoms with E-state index in [0.29, 0.717) is 5.02 Å². The Labute approximate surface area is 148 Å². The Hall–Kier alpha value is -2.11. The number of nitrogens with one attached hydrogen (secondary N) is 1. The molecule has 7 heteroatoms. The van der Waals surface area contributed by atoms with E-state index in [0.717, 1.165) is 11.6 Å². The van der Waals surface area contributed by atoms with Crippen LogP contribution >= 0.6 is 23.2 Å². The highest BCUT2D eigenvalue weighted by Crippen LogP contribution is 2.22. The molecule has 0 radical (unpaired) electrons. The number of rotatable bonds is 5. The van der Waals surface area contributed by atoms with Crippen LogP contribution in [0.1, 0.15) is 28.9 Å². The molecular formula is C17H14Cl2FNO3. The van der Waals surface area contributed by atoms with Gasteiger partial charge in [0.05, 0.1) is 11.1 Å². The molecule has 1 N–H and O–H groups in total. The third kappa shape index (κ3) is 4.46. The van der Waals surface area contributed by atoms with Crippen LogP contribution in [0.5, 0.6) is 0 Å². The lowest BCUT2D eigenvalue weighted by Crippen LogP contribution is -2.31. The Bertz CT molecular complexity index is 747. The number of hydrogen-bond donors (Lipinski definition) is 1. The predicted octanol–water partition coefficient (Wildman–Crippen LogP) is 4.17. The molecule has 0 aromatic heterocycles. The smallest absolute Gasteiger partial charge is 0.343 e. The van der Waals surface area contributed by atoms with Crippen LogP contribution in [-0.2, 0) is 9.53 Å². The monoisotopic (exact) mass is 369 g/mol. The van der Waals surface area contributed by atoms with Crippen LogP contribution in [0.2, 0.25) is 10.0 Å². The number of ether oxygens (including phenoxy) is 1. The minimum atomic E-state index is -1.00. The van der Waals surface area contributed by atoms with Crippen LogP contribution in [0, 0.1) is 5.82 Å². The van der Waals surface area contributed by atoms with E-state index in [4.69, 9.17) is 27.9 Å². The zero-order chi connectivity index (χ0) is 17.7. The lowest BCUT2D eigenvalue weighted by atomic mass is 10.1. The van der Waals surface area contributed by atoms with Crippen LogP contribution in [0.15, 0.2) is 42.5 Å². The first kappa shape index (κ1) is 18.2. The Kier molecular flexibility index (Phi) is 6.17. The van der Waals surface area contributed by atoms with Crippen molar-refractivity contribution in [2.45, 2.75) is 13.0 Å². The first-order valence-electron chi connectivity index (χ1n) is 7.05. The molecule has 0 saturated carbocycles. The summed E-state index contributed by atoms with van der Waals surface area (Å²) in [4.78, 5) is 23.7. The van der Waals surface area contributed by atoms with Crippen LogP contribution in [0.4, 0.5) is 4.39 Å². The van der Waals surface area contributed by atoms with Crippen molar-refractivity contribution in [3.63, 3.8) is 0 Å². The maximum atomic E-state index is 13.6. The molecule has 24 heavy (non-hydrogen) atoms. The van der Waals surface area contributed by atoms with Crippen molar-refractivity contribution in [1.29, 1.82) is 0 Å². The van der Waals surface area contributed by atoms with Crippen molar-refractivity contribution < 1.29 is 18.7 Å². The molecule has 0 unspecified atom stereocenters. The SMILES string of the molecule is C[C@@H](NC(=O)COC(=O)c1c(F)cccc1Cl)c1ccccc1Cl. The third-order valence-electron chi connectivity index (χ3n) is 3.25. The Balaban J connectivity index is 1.94. The molecule has 1 atom stereocenters. The largest absolute Gasteiger partial charge is 0.452 e. The second-order valence-corrected chi connectivity index (χ2v) is 5.80. The van der Waals surface area contributed by atoms with E-state index in [1.165, 1.54) is 12.1 Å². The van der Waals surface area contributed by atoms with Gasteiger partial charge < -0.3 is 10.1 Å². The highest BCUT2D eigenvalue weighted by Gasteiger charge is 2.19. The van der Waals surface area contributed by atoms with Crippen molar-refractivity contribution in [2.24, 2.45) is 0 Å². The number of hydrogen-bond acceptors (Lipinski definition) is 3. The van der Waals surface area contributed by atoms with E-state index in [2.05, 4.69) is 5.32 Å². The number of esters is 1. The topological polar surface area (TPSA) is 55.4 Å². The lowest BCUT2D eigenvalue weighted by Gasteiger charge is -2.15.